The topological polar surface area (TPSA) is 63.6 Å². The molecule has 0 saturated heterocycles. The zero-order valence-electron chi connectivity index (χ0n) is 11.3. The molecule has 2 aromatic rings. The molecule has 0 aliphatic carbocycles. The van der Waals surface area contributed by atoms with Crippen LogP contribution in [0.25, 0.3) is 0 Å². The van der Waals surface area contributed by atoms with Gasteiger partial charge in [0.05, 0.1) is 38.3 Å². The van der Waals surface area contributed by atoms with Crippen molar-refractivity contribution in [1.82, 2.24) is 4.98 Å². The summed E-state index contributed by atoms with van der Waals surface area (Å²) < 4.78 is 10.4. The van der Waals surface area contributed by atoms with E-state index in [-0.39, 0.29) is 0 Å². The smallest absolute Gasteiger partial charge is 0.213 e. The Morgan fingerprint density at radius 1 is 1.40 bits per heavy atom. The third-order valence-electron chi connectivity index (χ3n) is 2.62. The van der Waals surface area contributed by atoms with E-state index in [4.69, 9.17) is 9.47 Å². The summed E-state index contributed by atoms with van der Waals surface area (Å²) in [6, 6.07) is 7.61. The monoisotopic (exact) mass is 294 g/mol. The highest BCUT2D eigenvalue weighted by atomic mass is 32.1. The summed E-state index contributed by atoms with van der Waals surface area (Å²) in [5.41, 5.74) is 0.836. The van der Waals surface area contributed by atoms with Gasteiger partial charge in [0.25, 0.3) is 0 Å². The second-order valence-corrected chi connectivity index (χ2v) is 5.25. The zero-order valence-corrected chi connectivity index (χ0v) is 12.1. The van der Waals surface area contributed by atoms with E-state index in [1.54, 1.807) is 30.7 Å². The second kappa shape index (κ2) is 7.84. The van der Waals surface area contributed by atoms with E-state index in [0.717, 1.165) is 10.6 Å². The maximum atomic E-state index is 9.81. The van der Waals surface area contributed by atoms with E-state index >= 15 is 0 Å². The summed E-state index contributed by atoms with van der Waals surface area (Å²) in [5.74, 6) is 0.565. The number of hydrogen-bond donors (Lipinski definition) is 2. The van der Waals surface area contributed by atoms with Crippen LogP contribution < -0.4 is 10.1 Å². The summed E-state index contributed by atoms with van der Waals surface area (Å²) >= 11 is 1.65. The first-order valence-electron chi connectivity index (χ1n) is 6.30. The lowest BCUT2D eigenvalue weighted by molar-refractivity contribution is 0.0359. The molecule has 108 valence electrons. The quantitative estimate of drug-likeness (QED) is 0.781. The van der Waals surface area contributed by atoms with Crippen LogP contribution in [0.4, 0.5) is 5.69 Å². The van der Waals surface area contributed by atoms with Crippen LogP contribution in [0.3, 0.4) is 0 Å². The lowest BCUT2D eigenvalue weighted by atomic mass is 10.3. The molecule has 0 spiro atoms. The Morgan fingerprint density at radius 2 is 2.30 bits per heavy atom. The van der Waals surface area contributed by atoms with E-state index in [1.165, 1.54) is 0 Å². The predicted octanol–water partition coefficient (Wildman–Crippen LogP) is 2.14. The maximum absolute atomic E-state index is 9.81. The molecule has 5 nitrogen and oxygen atoms in total. The van der Waals surface area contributed by atoms with Gasteiger partial charge in [-0.15, -0.1) is 11.3 Å². The number of pyridine rings is 1. The summed E-state index contributed by atoms with van der Waals surface area (Å²) in [4.78, 5) is 5.23. The van der Waals surface area contributed by atoms with Crippen LogP contribution in [0.15, 0.2) is 35.8 Å². The van der Waals surface area contributed by atoms with Crippen LogP contribution in [0.1, 0.15) is 4.88 Å². The van der Waals surface area contributed by atoms with Crippen molar-refractivity contribution in [1.29, 1.82) is 0 Å². The Kier molecular flexibility index (Phi) is 5.79. The molecule has 6 heteroatoms. The summed E-state index contributed by atoms with van der Waals surface area (Å²) in [5, 5.41) is 14.9. The van der Waals surface area contributed by atoms with Crippen molar-refractivity contribution in [3.8, 4) is 5.88 Å². The molecule has 2 aromatic heterocycles. The molecule has 2 heterocycles. The summed E-state index contributed by atoms with van der Waals surface area (Å²) in [6.07, 6.45) is 1.11. The highest BCUT2D eigenvalue weighted by molar-refractivity contribution is 7.09. The number of aliphatic hydroxyl groups is 1. The van der Waals surface area contributed by atoms with Crippen molar-refractivity contribution in [3.63, 3.8) is 0 Å². The fourth-order valence-corrected chi connectivity index (χ4v) is 2.23. The Bertz CT molecular complexity index is 488. The molecule has 0 aromatic carbocycles. The van der Waals surface area contributed by atoms with Crippen molar-refractivity contribution < 1.29 is 14.6 Å². The van der Waals surface area contributed by atoms with Crippen LogP contribution in [-0.4, -0.2) is 36.5 Å². The van der Waals surface area contributed by atoms with Crippen molar-refractivity contribution in [2.24, 2.45) is 0 Å². The number of hydrogen-bond acceptors (Lipinski definition) is 6. The van der Waals surface area contributed by atoms with Gasteiger partial charge >= 0.3 is 0 Å². The van der Waals surface area contributed by atoms with E-state index in [1.807, 2.05) is 23.6 Å². The van der Waals surface area contributed by atoms with Gasteiger partial charge in [-0.25, -0.2) is 4.98 Å². The molecular weight excluding hydrogens is 276 g/mol. The van der Waals surface area contributed by atoms with E-state index < -0.39 is 6.10 Å². The third-order valence-corrected chi connectivity index (χ3v) is 3.47. The molecule has 1 atom stereocenters. The summed E-state index contributed by atoms with van der Waals surface area (Å²) in [7, 11) is 1.57. The molecule has 2 N–H and O–H groups in total. The molecule has 0 saturated carbocycles. The fraction of sp³-hybridized carbons (Fsp3) is 0.357. The number of ether oxygens (including phenoxy) is 2. The largest absolute Gasteiger partial charge is 0.481 e. The van der Waals surface area contributed by atoms with Gasteiger partial charge in [-0.2, -0.15) is 0 Å². The van der Waals surface area contributed by atoms with Crippen molar-refractivity contribution in [2.45, 2.75) is 12.7 Å². The molecule has 2 rings (SSSR count). The van der Waals surface area contributed by atoms with Gasteiger partial charge < -0.3 is 19.9 Å². The van der Waals surface area contributed by atoms with Crippen LogP contribution >= 0.6 is 11.3 Å². The van der Waals surface area contributed by atoms with Crippen molar-refractivity contribution in [2.75, 3.05) is 25.6 Å². The Morgan fingerprint density at radius 3 is 2.95 bits per heavy atom. The zero-order chi connectivity index (χ0) is 14.2. The first kappa shape index (κ1) is 14.8. The average molecular weight is 294 g/mol. The number of methoxy groups -OCH3 is 1. The number of nitrogens with one attached hydrogen (secondary N) is 1. The maximum Gasteiger partial charge on any atom is 0.213 e. The van der Waals surface area contributed by atoms with Gasteiger partial charge in [0.2, 0.25) is 5.88 Å². The lowest BCUT2D eigenvalue weighted by Gasteiger charge is -2.13. The third kappa shape index (κ3) is 4.80. The van der Waals surface area contributed by atoms with E-state index in [2.05, 4.69) is 10.3 Å². The lowest BCUT2D eigenvalue weighted by Crippen LogP contribution is -2.24. The number of aliphatic hydroxyl groups excluding tert-OH is 1. The number of rotatable bonds is 8. The molecule has 0 amide bonds. The van der Waals surface area contributed by atoms with Crippen LogP contribution in [0, 0.1) is 0 Å². The highest BCUT2D eigenvalue weighted by Crippen LogP contribution is 2.11. The minimum atomic E-state index is -0.558. The Labute approximate surface area is 122 Å². The number of anilines is 1. The van der Waals surface area contributed by atoms with E-state index in [9.17, 15) is 5.11 Å². The van der Waals surface area contributed by atoms with Gasteiger partial charge in [0, 0.05) is 17.5 Å². The predicted molar refractivity (Wildman–Crippen MR) is 79.3 cm³/mol. The standard InChI is InChI=1S/C14H18N2O3S/c1-18-14-5-4-11(7-16-14)15-8-12(17)9-19-10-13-3-2-6-20-13/h2-7,12,15,17H,8-10H2,1H3. The molecule has 0 aliphatic rings. The fourth-order valence-electron chi connectivity index (χ4n) is 1.59. The molecule has 0 fully saturated rings. The first-order chi connectivity index (χ1) is 9.78. The van der Waals surface area contributed by atoms with Crippen LogP contribution in [0.2, 0.25) is 0 Å². The average Bonchev–Trinajstić information content (AvgIpc) is 2.99. The first-order valence-corrected chi connectivity index (χ1v) is 7.18. The molecule has 1 unspecified atom stereocenters. The van der Waals surface area contributed by atoms with Gasteiger partial charge in [-0.3, -0.25) is 0 Å². The van der Waals surface area contributed by atoms with E-state index in [0.29, 0.717) is 25.6 Å². The number of nitrogens with zero attached hydrogens (tertiary/aromatic N) is 1. The Hall–Kier alpha value is -1.63. The van der Waals surface area contributed by atoms with Crippen molar-refractivity contribution >= 4 is 17.0 Å². The number of thiophene rings is 1. The normalized spacial score (nSPS) is 12.1. The van der Waals surface area contributed by atoms with Crippen molar-refractivity contribution in [3.05, 3.63) is 40.7 Å². The minimum Gasteiger partial charge on any atom is -0.481 e. The minimum absolute atomic E-state index is 0.300. The van der Waals surface area contributed by atoms with Gasteiger partial charge in [0.15, 0.2) is 0 Å². The SMILES string of the molecule is COc1ccc(NCC(O)COCc2cccs2)cn1. The molecule has 20 heavy (non-hydrogen) atoms. The van der Waals surface area contributed by atoms with Gasteiger partial charge in [-0.1, -0.05) is 6.07 Å². The molecule has 0 aliphatic heterocycles. The van der Waals surface area contributed by atoms with Crippen LogP contribution in [-0.2, 0) is 11.3 Å². The van der Waals surface area contributed by atoms with Gasteiger partial charge in [-0.05, 0) is 17.5 Å². The highest BCUT2D eigenvalue weighted by Gasteiger charge is 2.05. The molecule has 0 bridgehead atoms. The Balaban J connectivity index is 1.65. The number of aromatic nitrogens is 1. The van der Waals surface area contributed by atoms with Gasteiger partial charge in [0.1, 0.15) is 0 Å². The second-order valence-electron chi connectivity index (χ2n) is 4.22. The molecule has 0 radical (unpaired) electrons. The summed E-state index contributed by atoms with van der Waals surface area (Å²) in [6.45, 7) is 1.26. The molecular formula is C14H18N2O3S. The van der Waals surface area contributed by atoms with Crippen LogP contribution in [0.5, 0.6) is 5.88 Å².